The van der Waals surface area contributed by atoms with E-state index in [-0.39, 0.29) is 134 Å². The van der Waals surface area contributed by atoms with Gasteiger partial charge in [0.2, 0.25) is 17.7 Å². The molecular formula is C95H122Cl2N6O18S. The number of phenolic OH excluding ortho intramolecular Hbond substituents is 4. The maximum Gasteiger partial charge on any atom is 0.400 e. The van der Waals surface area contributed by atoms with Crippen molar-refractivity contribution in [1.29, 1.82) is 0 Å². The first-order valence-electron chi connectivity index (χ1n) is 41.7. The third kappa shape index (κ3) is 27.5. The van der Waals surface area contributed by atoms with Gasteiger partial charge in [-0.2, -0.15) is 13.4 Å². The summed E-state index contributed by atoms with van der Waals surface area (Å²) >= 11 is 11.9. The van der Waals surface area contributed by atoms with Crippen LogP contribution in [0.4, 0.5) is 28.4 Å². The maximum absolute atomic E-state index is 13.6. The van der Waals surface area contributed by atoms with Crippen molar-refractivity contribution in [2.75, 3.05) is 39.4 Å². The van der Waals surface area contributed by atoms with Crippen LogP contribution in [-0.2, 0) is 61.9 Å². The van der Waals surface area contributed by atoms with Crippen molar-refractivity contribution in [3.63, 3.8) is 0 Å². The molecule has 1 aliphatic rings. The Kier molecular flexibility index (Phi) is 36.3. The van der Waals surface area contributed by atoms with Crippen molar-refractivity contribution in [2.24, 2.45) is 0 Å². The first kappa shape index (κ1) is 98.5. The predicted molar refractivity (Wildman–Crippen MR) is 484 cm³/mol. The average Bonchev–Trinajstić information content (AvgIpc) is 0.820. The van der Waals surface area contributed by atoms with Crippen LogP contribution in [0.1, 0.15) is 252 Å². The number of benzene rings is 8. The Bertz CT molecular complexity index is 5210. The Balaban J connectivity index is 0.000000243. The van der Waals surface area contributed by atoms with E-state index in [1.54, 1.807) is 64.1 Å². The average molecular weight is 1740 g/mol. The van der Waals surface area contributed by atoms with E-state index in [4.69, 9.17) is 55.8 Å². The largest absolute Gasteiger partial charge is 0.506 e. The second-order valence-electron chi connectivity index (χ2n) is 32.6. The molecule has 10 rings (SSSR count). The third-order valence-electron chi connectivity index (χ3n) is 21.6. The number of nitrogens with zero attached hydrogens (tertiary/aromatic N) is 1. The van der Waals surface area contributed by atoms with Gasteiger partial charge in [0.15, 0.2) is 17.4 Å². The summed E-state index contributed by atoms with van der Waals surface area (Å²) < 4.78 is 54.9. The number of fused-ring (bicyclic) bond motifs is 2. The first-order valence-corrected chi connectivity index (χ1v) is 44.0. The molecule has 0 bridgehead atoms. The minimum absolute atomic E-state index is 0.00227. The summed E-state index contributed by atoms with van der Waals surface area (Å²) in [5, 5.41) is 55.1. The van der Waals surface area contributed by atoms with E-state index >= 15 is 0 Å². The number of anilines is 5. The molecule has 1 atom stereocenters. The second kappa shape index (κ2) is 45.0. The monoisotopic (exact) mass is 1740 g/mol. The SMILES string of the molecule is CCC(=O)Nc1cc(Oc2c(C)cc(NC(=O)C(CC)Oc3ccc(C(C)(C)CC)cc3C(C)(C)CC)cc2C)c(COOC)cc1O.CCCCCCCCCCCCS(=O)(=O)Oc1cc(NC(=O)CC)c(O)c2c1NC(=O)CC2(C)C.Cc1cc(C)c(O)c(Cl)c1C.Cc1ccc2oc(Oc3cc(Cl)c(O)c(C(=O)Nc4ccccc4)c3)nc2c1. The third-order valence-corrected chi connectivity index (χ3v) is 23.6. The van der Waals surface area contributed by atoms with Crippen LogP contribution in [0.2, 0.25) is 10.0 Å². The number of amides is 5. The van der Waals surface area contributed by atoms with Crippen LogP contribution < -0.4 is 45.0 Å². The Hall–Kier alpha value is -10.6. The minimum Gasteiger partial charge on any atom is -0.506 e. The fourth-order valence-corrected chi connectivity index (χ4v) is 15.0. The quantitative estimate of drug-likeness (QED) is 0.00586. The number of oxazole rings is 1. The first-order chi connectivity index (χ1) is 57.6. The van der Waals surface area contributed by atoms with E-state index in [1.165, 1.54) is 75.5 Å². The normalized spacial score (nSPS) is 12.5. The Labute approximate surface area is 728 Å². The van der Waals surface area contributed by atoms with Crippen molar-refractivity contribution < 1.29 is 85.4 Å². The molecule has 1 aliphatic heterocycles. The molecular weight excluding hydrogens is 1620 g/mol. The molecule has 0 spiro atoms. The van der Waals surface area contributed by atoms with Crippen molar-refractivity contribution in [1.82, 2.24) is 4.98 Å². The summed E-state index contributed by atoms with van der Waals surface area (Å²) in [5.74, 6) is -0.473. The van der Waals surface area contributed by atoms with E-state index < -0.39 is 27.5 Å². The fourth-order valence-electron chi connectivity index (χ4n) is 13.4. The van der Waals surface area contributed by atoms with Gasteiger partial charge >= 0.3 is 16.2 Å². The molecule has 660 valence electrons. The standard InChI is InChI=1S/C39H54N2O7.C26H42N2O6S.C21H15ClN2O4.C9H11ClO/c1-12-32(47-33-17-16-27(38(7,8)14-3)21-29(33)39(9,10)15-4)37(44)40-28-18-24(5)36(25(6)19-28)48-34-22-30(41-35(43)13-2)31(42)20-26(34)23-46-45-11;1-5-7-8-9-10-11-12-13-14-15-16-35(32,33)34-20-17-19(27-21(29)6-2)25(31)23-24(20)28-22(30)18-26(23,3)4;1-12-7-8-18-17(9-12)24-21(28-18)27-14-10-15(19(25)16(22)11-14)20(26)23-13-5-3-2-4-6-13;1-5-4-6(2)9(11)8(10)7(5)3/h16-22,32,42H,12-15,23H2,1-11H3,(H,40,44)(H,41,43);17,31H,5-16,18H2,1-4H3,(H,27,29)(H,28,30);2-11,25H,1H3,(H,23,26);4,11H,1-3H3. The molecule has 2 heterocycles. The predicted octanol–water partition coefficient (Wildman–Crippen LogP) is 23.9. The highest BCUT2D eigenvalue weighted by atomic mass is 35.5. The van der Waals surface area contributed by atoms with E-state index in [2.05, 4.69) is 92.2 Å². The molecule has 9 aromatic rings. The van der Waals surface area contributed by atoms with Gasteiger partial charge in [0, 0.05) is 70.9 Å². The zero-order valence-corrected chi connectivity index (χ0v) is 76.2. The molecule has 1 aromatic heterocycles. The van der Waals surface area contributed by atoms with Gasteiger partial charge in [-0.3, -0.25) is 24.0 Å². The lowest BCUT2D eigenvalue weighted by Crippen LogP contribution is -2.33. The highest BCUT2D eigenvalue weighted by Crippen LogP contribution is 2.51. The van der Waals surface area contributed by atoms with Crippen LogP contribution in [0.5, 0.6) is 57.8 Å². The number of carbonyl (C=O) groups excluding carboxylic acids is 5. The summed E-state index contributed by atoms with van der Waals surface area (Å²) in [6, 6.07) is 33.5. The summed E-state index contributed by atoms with van der Waals surface area (Å²) in [7, 11) is -2.55. The number of rotatable bonds is 35. The number of hydrogen-bond donors (Lipinski definition) is 9. The van der Waals surface area contributed by atoms with Crippen LogP contribution >= 0.6 is 23.2 Å². The number of unbranched alkanes of at least 4 members (excludes halogenated alkanes) is 9. The number of hydrogen-bond acceptors (Lipinski definition) is 19. The zero-order chi connectivity index (χ0) is 90.1. The second-order valence-corrected chi connectivity index (χ2v) is 35.0. The van der Waals surface area contributed by atoms with Crippen LogP contribution in [-0.4, -0.2) is 82.3 Å². The van der Waals surface area contributed by atoms with Crippen LogP contribution in [0, 0.1) is 41.5 Å². The summed E-state index contributed by atoms with van der Waals surface area (Å²) in [6.07, 6.45) is 13.1. The molecule has 5 amide bonds. The van der Waals surface area contributed by atoms with Gasteiger partial charge in [0.25, 0.3) is 11.8 Å². The van der Waals surface area contributed by atoms with Crippen molar-refractivity contribution >= 4 is 102 Å². The molecule has 0 radical (unpaired) electrons. The van der Waals surface area contributed by atoms with Gasteiger partial charge in [-0.15, -0.1) is 0 Å². The number of phenols is 4. The highest BCUT2D eigenvalue weighted by molar-refractivity contribution is 7.87. The molecule has 9 N–H and O–H groups in total. The molecule has 24 nitrogen and oxygen atoms in total. The molecule has 0 saturated carbocycles. The van der Waals surface area contributed by atoms with E-state index in [1.807, 2.05) is 90.9 Å². The lowest BCUT2D eigenvalue weighted by atomic mass is 9.76. The topological polar surface area (TPSA) is 342 Å². The number of nitrogens with one attached hydrogen (secondary N) is 5. The Morgan fingerprint density at radius 2 is 1.25 bits per heavy atom. The number of aromatic hydroxyl groups is 4. The number of para-hydroxylation sites is 1. The fraction of sp³-hybridized carbons (Fsp3) is 0.432. The molecule has 1 unspecified atom stereocenters. The van der Waals surface area contributed by atoms with Gasteiger partial charge in [-0.25, -0.2) is 9.78 Å². The molecule has 0 aliphatic carbocycles. The molecule has 0 saturated heterocycles. The number of halogens is 2. The number of aryl methyl sites for hydroxylation is 5. The maximum atomic E-state index is 13.6. The number of aromatic nitrogens is 1. The summed E-state index contributed by atoms with van der Waals surface area (Å²) in [4.78, 5) is 76.6. The number of ether oxygens (including phenoxy) is 3. The van der Waals surface area contributed by atoms with Crippen LogP contribution in [0.15, 0.2) is 120 Å². The summed E-state index contributed by atoms with van der Waals surface area (Å²) in [6.45, 7) is 35.8. The zero-order valence-electron chi connectivity index (χ0n) is 73.9. The van der Waals surface area contributed by atoms with E-state index in [0.717, 1.165) is 76.8 Å². The van der Waals surface area contributed by atoms with Gasteiger partial charge in [0.05, 0.1) is 45.5 Å². The van der Waals surface area contributed by atoms with E-state index in [0.29, 0.717) is 63.0 Å². The van der Waals surface area contributed by atoms with Crippen LogP contribution in [0.25, 0.3) is 11.1 Å². The van der Waals surface area contributed by atoms with Gasteiger partial charge < -0.3 is 69.8 Å². The Morgan fingerprint density at radius 3 is 1.85 bits per heavy atom. The highest BCUT2D eigenvalue weighted by Gasteiger charge is 2.39. The van der Waals surface area contributed by atoms with Crippen molar-refractivity contribution in [3.05, 3.63) is 187 Å². The molecule has 27 heteroatoms. The molecule has 8 aromatic carbocycles. The smallest absolute Gasteiger partial charge is 0.400 e. The number of carbonyl (C=O) groups is 5. The van der Waals surface area contributed by atoms with Gasteiger partial charge in [0.1, 0.15) is 58.1 Å². The van der Waals surface area contributed by atoms with Gasteiger partial charge in [-0.1, -0.05) is 207 Å². The minimum atomic E-state index is -3.94. The van der Waals surface area contributed by atoms with Crippen molar-refractivity contribution in [3.8, 4) is 57.8 Å². The lowest BCUT2D eigenvalue weighted by Gasteiger charge is -2.34. The van der Waals surface area contributed by atoms with Gasteiger partial charge in [-0.05, 0) is 172 Å². The van der Waals surface area contributed by atoms with Crippen LogP contribution in [0.3, 0.4) is 0 Å². The lowest BCUT2D eigenvalue weighted by molar-refractivity contribution is -0.282. The molecule has 0 fully saturated rings. The van der Waals surface area contributed by atoms with E-state index in [9.17, 15) is 52.8 Å². The summed E-state index contributed by atoms with van der Waals surface area (Å²) in [5.41, 5.74) is 10.6. The Morgan fingerprint density at radius 1 is 0.631 bits per heavy atom. The van der Waals surface area contributed by atoms with Crippen molar-refractivity contribution in [2.45, 2.75) is 256 Å². The molecule has 122 heavy (non-hydrogen) atoms.